The van der Waals surface area contributed by atoms with Crippen molar-refractivity contribution in [2.45, 2.75) is 19.5 Å². The van der Waals surface area contributed by atoms with Gasteiger partial charge in [-0.1, -0.05) is 0 Å². The molecule has 0 aliphatic carbocycles. The van der Waals surface area contributed by atoms with Crippen LogP contribution in [0.3, 0.4) is 0 Å². The van der Waals surface area contributed by atoms with Gasteiger partial charge in [-0.05, 0) is 19.1 Å². The maximum atomic E-state index is 12.7. The Morgan fingerprint density at radius 1 is 1.45 bits per heavy atom. The van der Waals surface area contributed by atoms with Gasteiger partial charge in [-0.2, -0.15) is 5.10 Å². The van der Waals surface area contributed by atoms with E-state index in [4.69, 9.17) is 0 Å². The Kier molecular flexibility index (Phi) is 3.04. The first kappa shape index (κ1) is 13.2. The van der Waals surface area contributed by atoms with Gasteiger partial charge in [0.05, 0.1) is 6.04 Å². The zero-order valence-corrected chi connectivity index (χ0v) is 12.7. The Labute approximate surface area is 130 Å². The Bertz CT molecular complexity index is 805. The molecule has 22 heavy (non-hydrogen) atoms. The minimum atomic E-state index is -0.0398. The van der Waals surface area contributed by atoms with Gasteiger partial charge in [-0.15, -0.1) is 11.3 Å². The number of hydrogen-bond acceptors (Lipinski definition) is 5. The van der Waals surface area contributed by atoms with E-state index in [1.807, 2.05) is 17.9 Å². The van der Waals surface area contributed by atoms with Crippen LogP contribution >= 0.6 is 11.3 Å². The highest BCUT2D eigenvalue weighted by molar-refractivity contribution is 7.13. The summed E-state index contributed by atoms with van der Waals surface area (Å²) in [5.74, 6) is 0.548. The Balaban J connectivity index is 1.60. The van der Waals surface area contributed by atoms with E-state index < -0.39 is 0 Å². The predicted octanol–water partition coefficient (Wildman–Crippen LogP) is 1.95. The molecule has 1 aliphatic rings. The van der Waals surface area contributed by atoms with E-state index in [-0.39, 0.29) is 11.9 Å². The van der Waals surface area contributed by atoms with Crippen molar-refractivity contribution in [1.82, 2.24) is 29.6 Å². The molecule has 1 amide bonds. The lowest BCUT2D eigenvalue weighted by atomic mass is 10.1. The lowest BCUT2D eigenvalue weighted by molar-refractivity contribution is 0.0639. The summed E-state index contributed by atoms with van der Waals surface area (Å²) in [6, 6.07) is 4.13. The molecular formula is C14H14N6OS. The fourth-order valence-electron chi connectivity index (χ4n) is 2.79. The number of rotatable bonds is 2. The van der Waals surface area contributed by atoms with Crippen LogP contribution in [0.1, 0.15) is 29.1 Å². The van der Waals surface area contributed by atoms with Crippen LogP contribution in [0.25, 0.3) is 10.8 Å². The number of nitrogens with zero attached hydrogens (tertiary/aromatic N) is 5. The molecule has 112 valence electrons. The van der Waals surface area contributed by atoms with Gasteiger partial charge in [0.25, 0.3) is 5.91 Å². The van der Waals surface area contributed by atoms with Crippen molar-refractivity contribution in [2.24, 2.45) is 0 Å². The minimum Gasteiger partial charge on any atom is -0.348 e. The highest BCUT2D eigenvalue weighted by atomic mass is 32.1. The third kappa shape index (κ3) is 2.03. The molecular weight excluding hydrogens is 300 g/mol. The normalized spacial score (nSPS) is 17.5. The first-order valence-corrected chi connectivity index (χ1v) is 7.89. The number of fused-ring (bicyclic) bond motifs is 1. The number of thiazole rings is 1. The number of hydrogen-bond donors (Lipinski definition) is 1. The van der Waals surface area contributed by atoms with E-state index in [0.717, 1.165) is 12.2 Å². The third-order valence-corrected chi connectivity index (χ3v) is 4.79. The second kappa shape index (κ2) is 5.06. The quantitative estimate of drug-likeness (QED) is 0.784. The standard InChI is InChI=1S/C14H14N6OS/c1-9-11-3-2-4-19(11)5-6-20(9)14(21)10-7-22-13(17-10)12-15-8-16-18-12/h2-4,7-9H,5-6H2,1H3,(H,15,16,18)/t9-/m0/s1. The average molecular weight is 314 g/mol. The lowest BCUT2D eigenvalue weighted by Gasteiger charge is -2.34. The SMILES string of the molecule is C[C@H]1c2cccn2CCN1C(=O)c1csc(-c2ncn[nH]2)n1. The molecule has 3 aromatic heterocycles. The van der Waals surface area contributed by atoms with Gasteiger partial charge in [-0.3, -0.25) is 9.89 Å². The second-order valence-corrected chi connectivity index (χ2v) is 6.03. The van der Waals surface area contributed by atoms with Crippen molar-refractivity contribution in [3.63, 3.8) is 0 Å². The second-order valence-electron chi connectivity index (χ2n) is 5.17. The highest BCUT2D eigenvalue weighted by Crippen LogP contribution is 2.28. The summed E-state index contributed by atoms with van der Waals surface area (Å²) in [5.41, 5.74) is 1.62. The first-order valence-electron chi connectivity index (χ1n) is 7.01. The molecule has 0 bridgehead atoms. The molecule has 0 radical (unpaired) electrons. The van der Waals surface area contributed by atoms with Gasteiger partial charge >= 0.3 is 0 Å². The zero-order chi connectivity index (χ0) is 15.1. The molecule has 3 aromatic rings. The molecule has 1 N–H and O–H groups in total. The van der Waals surface area contributed by atoms with E-state index in [0.29, 0.717) is 23.1 Å². The number of aromatic nitrogens is 5. The smallest absolute Gasteiger partial charge is 0.273 e. The van der Waals surface area contributed by atoms with Crippen LogP contribution in [0.2, 0.25) is 0 Å². The van der Waals surface area contributed by atoms with Crippen LogP contribution in [0.15, 0.2) is 30.0 Å². The lowest BCUT2D eigenvalue weighted by Crippen LogP contribution is -2.40. The van der Waals surface area contributed by atoms with Crippen LogP contribution in [0, 0.1) is 0 Å². The van der Waals surface area contributed by atoms with E-state index in [1.165, 1.54) is 17.7 Å². The van der Waals surface area contributed by atoms with Crippen LogP contribution in [-0.4, -0.2) is 42.1 Å². The topological polar surface area (TPSA) is 79.7 Å². The van der Waals surface area contributed by atoms with Crippen LogP contribution < -0.4 is 0 Å². The van der Waals surface area contributed by atoms with Gasteiger partial charge in [0.2, 0.25) is 0 Å². The maximum Gasteiger partial charge on any atom is 0.273 e. The minimum absolute atomic E-state index is 0.0398. The zero-order valence-electron chi connectivity index (χ0n) is 11.9. The highest BCUT2D eigenvalue weighted by Gasteiger charge is 2.29. The summed E-state index contributed by atoms with van der Waals surface area (Å²) >= 11 is 1.39. The van der Waals surface area contributed by atoms with Crippen LogP contribution in [-0.2, 0) is 6.54 Å². The summed E-state index contributed by atoms with van der Waals surface area (Å²) in [4.78, 5) is 23.1. The van der Waals surface area contributed by atoms with E-state index >= 15 is 0 Å². The Hall–Kier alpha value is -2.48. The Morgan fingerprint density at radius 2 is 2.36 bits per heavy atom. The first-order chi connectivity index (χ1) is 10.7. The van der Waals surface area contributed by atoms with Crippen molar-refractivity contribution in [3.05, 3.63) is 41.4 Å². The molecule has 1 aliphatic heterocycles. The fraction of sp³-hybridized carbons (Fsp3) is 0.286. The van der Waals surface area contributed by atoms with Crippen molar-refractivity contribution >= 4 is 17.2 Å². The summed E-state index contributed by atoms with van der Waals surface area (Å²) in [6.07, 6.45) is 3.48. The number of carbonyl (C=O) groups excluding carboxylic acids is 1. The predicted molar refractivity (Wildman–Crippen MR) is 81.4 cm³/mol. The van der Waals surface area contributed by atoms with Crippen molar-refractivity contribution in [1.29, 1.82) is 0 Å². The summed E-state index contributed by atoms with van der Waals surface area (Å²) < 4.78 is 2.19. The van der Waals surface area contributed by atoms with Crippen molar-refractivity contribution in [3.8, 4) is 10.8 Å². The van der Waals surface area contributed by atoms with Crippen LogP contribution in [0.5, 0.6) is 0 Å². The molecule has 8 heteroatoms. The monoisotopic (exact) mass is 314 g/mol. The van der Waals surface area contributed by atoms with E-state index in [1.54, 1.807) is 5.38 Å². The molecule has 4 rings (SSSR count). The molecule has 0 unspecified atom stereocenters. The summed E-state index contributed by atoms with van der Waals surface area (Å²) in [6.45, 7) is 3.56. The number of aromatic amines is 1. The van der Waals surface area contributed by atoms with Gasteiger partial charge in [0, 0.05) is 30.4 Å². The molecule has 0 saturated heterocycles. The fourth-order valence-corrected chi connectivity index (χ4v) is 3.53. The molecule has 0 aromatic carbocycles. The summed E-state index contributed by atoms with van der Waals surface area (Å²) in [5, 5.41) is 9.02. The van der Waals surface area contributed by atoms with Crippen LogP contribution in [0.4, 0.5) is 0 Å². The molecule has 0 spiro atoms. The molecule has 7 nitrogen and oxygen atoms in total. The van der Waals surface area contributed by atoms with E-state index in [2.05, 4.69) is 37.0 Å². The number of H-pyrrole nitrogens is 1. The van der Waals surface area contributed by atoms with Gasteiger partial charge < -0.3 is 9.47 Å². The van der Waals surface area contributed by atoms with Gasteiger partial charge in [0.1, 0.15) is 12.0 Å². The molecule has 4 heterocycles. The number of amides is 1. The number of carbonyl (C=O) groups is 1. The maximum absolute atomic E-state index is 12.7. The number of nitrogens with one attached hydrogen (secondary N) is 1. The third-order valence-electron chi connectivity index (χ3n) is 3.94. The molecule has 1 atom stereocenters. The van der Waals surface area contributed by atoms with Gasteiger partial charge in [0.15, 0.2) is 10.8 Å². The van der Waals surface area contributed by atoms with Crippen molar-refractivity contribution in [2.75, 3.05) is 6.54 Å². The largest absolute Gasteiger partial charge is 0.348 e. The van der Waals surface area contributed by atoms with Gasteiger partial charge in [-0.25, -0.2) is 9.97 Å². The summed E-state index contributed by atoms with van der Waals surface area (Å²) in [7, 11) is 0. The molecule has 0 fully saturated rings. The Morgan fingerprint density at radius 3 is 3.18 bits per heavy atom. The molecule has 0 saturated carbocycles. The van der Waals surface area contributed by atoms with Crippen molar-refractivity contribution < 1.29 is 4.79 Å². The van der Waals surface area contributed by atoms with E-state index in [9.17, 15) is 4.79 Å². The average Bonchev–Trinajstić information content (AvgIpc) is 3.26.